The summed E-state index contributed by atoms with van der Waals surface area (Å²) in [6, 6.07) is 16.1. The third kappa shape index (κ3) is 15.0. The Morgan fingerprint density at radius 1 is 0.514 bits per heavy atom. The van der Waals surface area contributed by atoms with E-state index in [1.54, 1.807) is 0 Å². The molecule has 10 nitrogen and oxygen atoms in total. The predicted octanol–water partition coefficient (Wildman–Crippen LogP) is 14.9. The van der Waals surface area contributed by atoms with E-state index in [9.17, 15) is 19.2 Å². The number of esters is 2. The van der Waals surface area contributed by atoms with E-state index < -0.39 is 40.4 Å². The predicted molar refractivity (Wildman–Crippen MR) is 300 cm³/mol. The molecule has 0 aliphatic heterocycles. The summed E-state index contributed by atoms with van der Waals surface area (Å²) in [6.45, 7) is 47.3. The van der Waals surface area contributed by atoms with Crippen LogP contribution in [0.5, 0.6) is 23.0 Å². The monoisotopic (exact) mass is 1010 g/mol. The molecule has 0 aromatic heterocycles. The van der Waals surface area contributed by atoms with Crippen molar-refractivity contribution < 1.29 is 38.1 Å². The van der Waals surface area contributed by atoms with Crippen LogP contribution in [0.25, 0.3) is 0 Å². The lowest BCUT2D eigenvalue weighted by molar-refractivity contribution is -0.130. The van der Waals surface area contributed by atoms with Gasteiger partial charge in [0.2, 0.25) is 0 Å². The molecule has 0 bridgehead atoms. The number of hydrogen-bond donors (Lipinski definition) is 2. The number of aryl methyl sites for hydroxylation is 4. The molecule has 2 N–H and O–H groups in total. The molecule has 2 unspecified atom stereocenters. The molecule has 0 spiro atoms. The van der Waals surface area contributed by atoms with Gasteiger partial charge in [0.15, 0.2) is 0 Å². The van der Waals surface area contributed by atoms with E-state index in [-0.39, 0.29) is 22.3 Å². The number of hydrogen-bond acceptors (Lipinski definition) is 8. The average Bonchev–Trinajstić information content (AvgIpc) is 3.23. The number of amides is 2. The van der Waals surface area contributed by atoms with Crippen LogP contribution < -0.4 is 29.6 Å². The van der Waals surface area contributed by atoms with Crippen LogP contribution in [0.2, 0.25) is 0 Å². The summed E-state index contributed by atoms with van der Waals surface area (Å²) in [4.78, 5) is 54.1. The van der Waals surface area contributed by atoms with E-state index in [1.165, 1.54) is 12.2 Å². The molecule has 4 aromatic rings. The van der Waals surface area contributed by atoms with E-state index in [0.29, 0.717) is 55.2 Å². The van der Waals surface area contributed by atoms with Gasteiger partial charge in [-0.15, -0.1) is 0 Å². The SMILES string of the molecule is C=CC(=O)Oc1c(Cc2cc(C)cc(C(C)(C)C)c2OC(=O)NCC2(C)CC(NC(=O)Oc3c(Cc4cc(C)cc(C(C)(C)C)c4OC(=O)C=C)cc(C)cc3C(C)(C)C)CC(C)(C)C2)cc(C)cc1C(C)(C)C. The number of carbonyl (C=O) groups is 4. The lowest BCUT2D eigenvalue weighted by Crippen LogP contribution is -2.51. The summed E-state index contributed by atoms with van der Waals surface area (Å²) in [5.74, 6) is 0.807. The Bertz CT molecular complexity index is 2820. The fraction of sp³-hybridized carbons (Fsp3) is 0.500. The van der Waals surface area contributed by atoms with Crippen LogP contribution in [0, 0.1) is 38.5 Å². The van der Waals surface area contributed by atoms with Gasteiger partial charge in [-0.2, -0.15) is 0 Å². The van der Waals surface area contributed by atoms with Gasteiger partial charge in [-0.25, -0.2) is 19.2 Å². The number of carbonyl (C=O) groups excluding carboxylic acids is 4. The molecule has 1 aliphatic rings. The molecular formula is C64H86N2O8. The maximum Gasteiger partial charge on any atom is 0.412 e. The third-order valence-corrected chi connectivity index (χ3v) is 13.8. The molecular weight excluding hydrogens is 925 g/mol. The molecule has 1 saturated carbocycles. The van der Waals surface area contributed by atoms with Gasteiger partial charge in [0.25, 0.3) is 0 Å². The first-order chi connectivity index (χ1) is 33.9. The van der Waals surface area contributed by atoms with Crippen molar-refractivity contribution in [2.24, 2.45) is 10.8 Å². The smallest absolute Gasteiger partial charge is 0.412 e. The summed E-state index contributed by atoms with van der Waals surface area (Å²) in [7, 11) is 0. The molecule has 0 radical (unpaired) electrons. The molecule has 400 valence electrons. The first kappa shape index (κ1) is 58.7. The van der Waals surface area contributed by atoms with Gasteiger partial charge in [0.05, 0.1) is 0 Å². The maximum atomic E-state index is 14.4. The van der Waals surface area contributed by atoms with Gasteiger partial charge in [-0.1, -0.05) is 188 Å². The molecule has 2 atom stereocenters. The fourth-order valence-electron chi connectivity index (χ4n) is 10.9. The Morgan fingerprint density at radius 3 is 1.14 bits per heavy atom. The highest BCUT2D eigenvalue weighted by Gasteiger charge is 2.43. The van der Waals surface area contributed by atoms with Gasteiger partial charge in [0, 0.05) is 82.1 Å². The van der Waals surface area contributed by atoms with Crippen LogP contribution in [0.4, 0.5) is 9.59 Å². The lowest BCUT2D eigenvalue weighted by atomic mass is 9.62. The summed E-state index contributed by atoms with van der Waals surface area (Å²) in [5.41, 5.74) is 8.67. The molecule has 1 aliphatic carbocycles. The summed E-state index contributed by atoms with van der Waals surface area (Å²) in [5, 5.41) is 6.38. The largest absolute Gasteiger partial charge is 0.423 e. The Hall–Kier alpha value is -6.16. The Kier molecular flexibility index (Phi) is 17.4. The van der Waals surface area contributed by atoms with Crippen LogP contribution in [0.15, 0.2) is 73.8 Å². The van der Waals surface area contributed by atoms with E-state index >= 15 is 0 Å². The Balaban J connectivity index is 1.43. The van der Waals surface area contributed by atoms with Crippen LogP contribution in [0.1, 0.15) is 190 Å². The van der Waals surface area contributed by atoms with Crippen molar-refractivity contribution in [1.82, 2.24) is 10.6 Å². The van der Waals surface area contributed by atoms with Crippen molar-refractivity contribution in [1.29, 1.82) is 0 Å². The molecule has 0 saturated heterocycles. The van der Waals surface area contributed by atoms with Crippen molar-refractivity contribution in [2.75, 3.05) is 6.54 Å². The highest BCUT2D eigenvalue weighted by molar-refractivity contribution is 5.85. The van der Waals surface area contributed by atoms with Crippen molar-refractivity contribution in [3.05, 3.63) is 141 Å². The minimum Gasteiger partial charge on any atom is -0.423 e. The van der Waals surface area contributed by atoms with E-state index in [1.807, 2.05) is 58.0 Å². The minimum atomic E-state index is -0.584. The zero-order valence-electron chi connectivity index (χ0n) is 48.3. The topological polar surface area (TPSA) is 129 Å². The third-order valence-electron chi connectivity index (χ3n) is 13.8. The van der Waals surface area contributed by atoms with E-state index in [4.69, 9.17) is 18.9 Å². The molecule has 0 heterocycles. The second-order valence-corrected chi connectivity index (χ2v) is 26.3. The highest BCUT2D eigenvalue weighted by atomic mass is 16.6. The van der Waals surface area contributed by atoms with Gasteiger partial charge in [-0.05, 0) is 79.4 Å². The van der Waals surface area contributed by atoms with Crippen LogP contribution in [-0.4, -0.2) is 36.7 Å². The lowest BCUT2D eigenvalue weighted by Gasteiger charge is -2.46. The van der Waals surface area contributed by atoms with Crippen LogP contribution in [0.3, 0.4) is 0 Å². The first-order valence-electron chi connectivity index (χ1n) is 26.1. The van der Waals surface area contributed by atoms with E-state index in [2.05, 4.69) is 146 Å². The van der Waals surface area contributed by atoms with E-state index in [0.717, 1.165) is 73.2 Å². The standard InChI is InChI=1S/C64H86N2O8/c1-22-51(67)71-53-42(24-38(3)28-47(53)59(7,8)9)32-44-26-40(5)30-49(61(13,14)15)55(44)73-57(69)65-37-64(21)35-46(34-63(19,20)36-64)66-58(70)74-56-45(27-41(6)31-50(56)62(16,17)18)33-43-25-39(4)29-48(60(10,11)12)54(43)72-52(68)23-2/h22-31,46H,1-2,32-37H2,3-21H3,(H,65,69)(H,66,70). The fourth-order valence-corrected chi connectivity index (χ4v) is 10.9. The normalized spacial score (nSPS) is 16.9. The van der Waals surface area contributed by atoms with Gasteiger partial charge in [0.1, 0.15) is 23.0 Å². The van der Waals surface area contributed by atoms with Crippen molar-refractivity contribution in [3.63, 3.8) is 0 Å². The molecule has 2 amide bonds. The minimum absolute atomic E-state index is 0.201. The number of benzene rings is 4. The quantitative estimate of drug-likeness (QED) is 0.0770. The van der Waals surface area contributed by atoms with Crippen molar-refractivity contribution >= 4 is 24.1 Å². The number of rotatable bonds is 13. The van der Waals surface area contributed by atoms with Crippen molar-refractivity contribution in [3.8, 4) is 23.0 Å². The highest BCUT2D eigenvalue weighted by Crippen LogP contribution is 2.47. The average molecular weight is 1010 g/mol. The van der Waals surface area contributed by atoms with Gasteiger partial charge < -0.3 is 29.6 Å². The van der Waals surface area contributed by atoms with Gasteiger partial charge in [-0.3, -0.25) is 0 Å². The molecule has 74 heavy (non-hydrogen) atoms. The molecule has 10 heteroatoms. The first-order valence-corrected chi connectivity index (χ1v) is 26.1. The number of ether oxygens (including phenoxy) is 4. The Morgan fingerprint density at radius 2 is 0.824 bits per heavy atom. The van der Waals surface area contributed by atoms with Crippen LogP contribution >= 0.6 is 0 Å². The molecule has 4 aromatic carbocycles. The zero-order valence-corrected chi connectivity index (χ0v) is 48.3. The summed E-state index contributed by atoms with van der Waals surface area (Å²) >= 11 is 0. The Labute approximate surface area is 443 Å². The molecule has 5 rings (SSSR count). The maximum absolute atomic E-state index is 14.4. The van der Waals surface area contributed by atoms with Crippen molar-refractivity contribution in [2.45, 2.75) is 191 Å². The molecule has 1 fully saturated rings. The van der Waals surface area contributed by atoms with Crippen LogP contribution in [-0.2, 0) is 44.1 Å². The summed E-state index contributed by atoms with van der Waals surface area (Å²) < 4.78 is 24.9. The number of nitrogens with one attached hydrogen (secondary N) is 2. The zero-order chi connectivity index (χ0) is 55.7. The summed E-state index contributed by atoms with van der Waals surface area (Å²) in [6.07, 6.45) is 3.93. The van der Waals surface area contributed by atoms with Gasteiger partial charge >= 0.3 is 24.1 Å². The second-order valence-electron chi connectivity index (χ2n) is 26.3. The second kappa shape index (κ2) is 22.0.